The van der Waals surface area contributed by atoms with Crippen LogP contribution in [-0.4, -0.2) is 50.4 Å². The lowest BCUT2D eigenvalue weighted by Gasteiger charge is -2.34. The van der Waals surface area contributed by atoms with Gasteiger partial charge in [0.15, 0.2) is 0 Å². The smallest absolute Gasteiger partial charge is 0.221 e. The van der Waals surface area contributed by atoms with Crippen LogP contribution in [0.4, 0.5) is 17.1 Å². The van der Waals surface area contributed by atoms with Crippen LogP contribution in [0.1, 0.15) is 12.5 Å². The molecule has 0 unspecified atom stereocenters. The van der Waals surface area contributed by atoms with Crippen LogP contribution in [0.2, 0.25) is 0 Å². The Bertz CT molecular complexity index is 786. The van der Waals surface area contributed by atoms with E-state index in [4.69, 9.17) is 0 Å². The van der Waals surface area contributed by atoms with Crippen molar-refractivity contribution in [1.82, 2.24) is 4.90 Å². The molecule has 27 heavy (non-hydrogen) atoms. The summed E-state index contributed by atoms with van der Waals surface area (Å²) in [6, 6.07) is 15.7. The van der Waals surface area contributed by atoms with Crippen molar-refractivity contribution in [2.45, 2.75) is 13.5 Å². The molecular formula is C21H26N4O2. The fourth-order valence-electron chi connectivity index (χ4n) is 3.28. The lowest BCUT2D eigenvalue weighted by atomic mass is 10.1. The number of carbonyl (C=O) groups excluding carboxylic acids is 2. The molecule has 0 spiro atoms. The summed E-state index contributed by atoms with van der Waals surface area (Å²) in [4.78, 5) is 29.7. The lowest BCUT2D eigenvalue weighted by molar-refractivity contribution is -0.114. The minimum atomic E-state index is -0.155. The summed E-state index contributed by atoms with van der Waals surface area (Å²) in [5.41, 5.74) is 3.44. The van der Waals surface area contributed by atoms with Crippen LogP contribution in [-0.2, 0) is 16.1 Å². The molecule has 6 heteroatoms. The van der Waals surface area contributed by atoms with Crippen LogP contribution in [0.3, 0.4) is 0 Å². The number of amides is 2. The first-order chi connectivity index (χ1) is 13.1. The zero-order valence-corrected chi connectivity index (χ0v) is 15.9. The summed E-state index contributed by atoms with van der Waals surface area (Å²) in [6.45, 7) is 5.82. The van der Waals surface area contributed by atoms with Gasteiger partial charge in [-0.25, -0.2) is 0 Å². The summed E-state index contributed by atoms with van der Waals surface area (Å²) >= 11 is 0. The fraction of sp³-hybridized carbons (Fsp3) is 0.333. The van der Waals surface area contributed by atoms with Crippen LogP contribution in [0.25, 0.3) is 0 Å². The Hall–Kier alpha value is -2.86. The Morgan fingerprint density at radius 1 is 1.11 bits per heavy atom. The highest BCUT2D eigenvalue weighted by Gasteiger charge is 2.18. The molecule has 6 nitrogen and oxygen atoms in total. The van der Waals surface area contributed by atoms with Crippen molar-refractivity contribution in [2.24, 2.45) is 0 Å². The highest BCUT2D eigenvalue weighted by atomic mass is 16.1. The molecule has 1 aliphatic heterocycles. The maximum atomic E-state index is 11.8. The number of benzene rings is 2. The molecule has 2 aromatic rings. The Morgan fingerprint density at radius 2 is 1.81 bits per heavy atom. The predicted molar refractivity (Wildman–Crippen MR) is 109 cm³/mol. The van der Waals surface area contributed by atoms with Crippen molar-refractivity contribution in [1.29, 1.82) is 0 Å². The second-order valence-corrected chi connectivity index (χ2v) is 6.89. The van der Waals surface area contributed by atoms with E-state index in [1.807, 2.05) is 48.5 Å². The third-order valence-corrected chi connectivity index (χ3v) is 4.79. The number of nitrogens with one attached hydrogen (secondary N) is 1. The molecule has 2 amide bonds. The third-order valence-electron chi connectivity index (χ3n) is 4.79. The Labute approximate surface area is 160 Å². The van der Waals surface area contributed by atoms with Crippen LogP contribution in [0.15, 0.2) is 48.5 Å². The van der Waals surface area contributed by atoms with Crippen molar-refractivity contribution in [3.05, 3.63) is 54.1 Å². The topological polar surface area (TPSA) is 55.9 Å². The van der Waals surface area contributed by atoms with Crippen LogP contribution in [0.5, 0.6) is 0 Å². The second kappa shape index (κ2) is 8.68. The molecule has 1 aliphatic rings. The summed E-state index contributed by atoms with van der Waals surface area (Å²) in [5, 5.41) is 2.89. The number of piperazine rings is 1. The number of rotatable bonds is 6. The summed E-state index contributed by atoms with van der Waals surface area (Å²) in [5.74, 6) is -0.155. The average molecular weight is 366 g/mol. The summed E-state index contributed by atoms with van der Waals surface area (Å²) < 4.78 is 0. The lowest BCUT2D eigenvalue weighted by Crippen LogP contribution is -2.44. The normalized spacial score (nSPS) is 14.7. The van der Waals surface area contributed by atoms with E-state index in [2.05, 4.69) is 22.2 Å². The van der Waals surface area contributed by atoms with Gasteiger partial charge in [-0.05, 0) is 30.8 Å². The maximum Gasteiger partial charge on any atom is 0.221 e. The van der Waals surface area contributed by atoms with Gasteiger partial charge in [0.1, 0.15) is 0 Å². The van der Waals surface area contributed by atoms with Gasteiger partial charge < -0.3 is 20.0 Å². The van der Waals surface area contributed by atoms with Crippen LogP contribution in [0, 0.1) is 0 Å². The number of carbonyl (C=O) groups is 2. The van der Waals surface area contributed by atoms with E-state index in [1.165, 1.54) is 6.92 Å². The van der Waals surface area contributed by atoms with E-state index in [0.29, 0.717) is 17.9 Å². The molecular weight excluding hydrogens is 340 g/mol. The van der Waals surface area contributed by atoms with Crippen molar-refractivity contribution in [2.75, 3.05) is 48.3 Å². The molecule has 0 atom stereocenters. The average Bonchev–Trinajstić information content (AvgIpc) is 2.67. The van der Waals surface area contributed by atoms with E-state index in [-0.39, 0.29) is 5.91 Å². The van der Waals surface area contributed by atoms with E-state index in [0.717, 1.165) is 43.8 Å². The van der Waals surface area contributed by atoms with E-state index in [9.17, 15) is 9.59 Å². The van der Waals surface area contributed by atoms with Gasteiger partial charge in [0.2, 0.25) is 12.3 Å². The first-order valence-electron chi connectivity index (χ1n) is 9.18. The molecule has 3 rings (SSSR count). The Morgan fingerprint density at radius 3 is 2.44 bits per heavy atom. The van der Waals surface area contributed by atoms with Crippen molar-refractivity contribution in [3.8, 4) is 0 Å². The van der Waals surface area contributed by atoms with Crippen molar-refractivity contribution < 1.29 is 9.59 Å². The van der Waals surface area contributed by atoms with Gasteiger partial charge in [0.25, 0.3) is 0 Å². The van der Waals surface area contributed by atoms with E-state index >= 15 is 0 Å². The number of hydrogen-bond acceptors (Lipinski definition) is 4. The van der Waals surface area contributed by atoms with Gasteiger partial charge >= 0.3 is 0 Å². The van der Waals surface area contributed by atoms with Gasteiger partial charge in [0.05, 0.1) is 17.9 Å². The molecule has 1 saturated heterocycles. The van der Waals surface area contributed by atoms with Gasteiger partial charge in [-0.1, -0.05) is 30.3 Å². The zero-order chi connectivity index (χ0) is 19.2. The number of likely N-dealkylation sites (N-methyl/N-ethyl adjacent to an activating group) is 1. The second-order valence-electron chi connectivity index (χ2n) is 6.89. The summed E-state index contributed by atoms with van der Waals surface area (Å²) in [6.07, 6.45) is 0.809. The maximum absolute atomic E-state index is 11.8. The first kappa shape index (κ1) is 18.9. The molecule has 0 saturated carbocycles. The quantitative estimate of drug-likeness (QED) is 0.799. The molecule has 1 heterocycles. The van der Waals surface area contributed by atoms with Gasteiger partial charge in [-0.3, -0.25) is 9.59 Å². The van der Waals surface area contributed by atoms with Crippen molar-refractivity contribution >= 4 is 29.4 Å². The number of hydrogen-bond donors (Lipinski definition) is 1. The molecule has 0 aliphatic carbocycles. The fourth-order valence-corrected chi connectivity index (χ4v) is 3.28. The van der Waals surface area contributed by atoms with E-state index in [1.54, 1.807) is 4.90 Å². The van der Waals surface area contributed by atoms with Gasteiger partial charge in [-0.2, -0.15) is 0 Å². The monoisotopic (exact) mass is 366 g/mol. The highest BCUT2D eigenvalue weighted by Crippen LogP contribution is 2.31. The molecule has 2 aromatic carbocycles. The molecule has 1 fully saturated rings. The Kier molecular flexibility index (Phi) is 6.08. The minimum absolute atomic E-state index is 0.155. The van der Waals surface area contributed by atoms with Crippen LogP contribution < -0.4 is 15.1 Å². The predicted octanol–water partition coefficient (Wildman–Crippen LogP) is 2.56. The molecule has 0 aromatic heterocycles. The van der Waals surface area contributed by atoms with Gasteiger partial charge in [-0.15, -0.1) is 0 Å². The largest absolute Gasteiger partial charge is 0.369 e. The molecule has 0 radical (unpaired) electrons. The molecule has 142 valence electrons. The zero-order valence-electron chi connectivity index (χ0n) is 15.9. The first-order valence-corrected chi connectivity index (χ1v) is 9.18. The van der Waals surface area contributed by atoms with Crippen molar-refractivity contribution in [3.63, 3.8) is 0 Å². The van der Waals surface area contributed by atoms with E-state index < -0.39 is 0 Å². The Balaban J connectivity index is 1.88. The molecule has 1 N–H and O–H groups in total. The number of nitrogens with zero attached hydrogens (tertiary/aromatic N) is 3. The third kappa shape index (κ3) is 4.86. The number of anilines is 3. The minimum Gasteiger partial charge on any atom is -0.369 e. The highest BCUT2D eigenvalue weighted by molar-refractivity contribution is 5.96. The summed E-state index contributed by atoms with van der Waals surface area (Å²) in [7, 11) is 2.12. The standard InChI is InChI=1S/C21H26N4O2/c1-17(27)22-20-14-19(24-12-10-23(2)11-13-24)8-9-21(20)25(16-26)15-18-6-4-3-5-7-18/h3-9,14,16H,10-13,15H2,1-2H3,(H,22,27). The van der Waals surface area contributed by atoms with Crippen LogP contribution >= 0.6 is 0 Å². The van der Waals surface area contributed by atoms with Gasteiger partial charge in [0, 0.05) is 38.8 Å². The molecule has 0 bridgehead atoms. The SMILES string of the molecule is CC(=O)Nc1cc(N2CCN(C)CC2)ccc1N(C=O)Cc1ccccc1.